The first kappa shape index (κ1) is 15.6. The number of hydrazone groups is 1. The number of anilines is 1. The minimum absolute atomic E-state index is 0.0752. The standard InChI is InChI=1S/C19H20N4O2/c1-3-23-18(24)14-6-4-5-7-16(14)21-19(23)22-20-11-13-8-9-17(25-13)15-10-12(15)2/h4-9,11-12,15H,3,10H2,1-2H3,(H,21,22)/b20-11-/t12-,15+/m1/s1. The van der Waals surface area contributed by atoms with Crippen LogP contribution in [0.2, 0.25) is 0 Å². The Morgan fingerprint density at radius 3 is 2.92 bits per heavy atom. The molecule has 6 heteroatoms. The maximum atomic E-state index is 12.5. The van der Waals surface area contributed by atoms with Crippen LogP contribution in [0.15, 0.2) is 50.7 Å². The van der Waals surface area contributed by atoms with E-state index in [1.807, 2.05) is 37.3 Å². The summed E-state index contributed by atoms with van der Waals surface area (Å²) in [6.07, 6.45) is 2.80. The highest BCUT2D eigenvalue weighted by molar-refractivity contribution is 5.79. The van der Waals surface area contributed by atoms with Crippen molar-refractivity contribution in [1.29, 1.82) is 0 Å². The number of nitrogens with one attached hydrogen (secondary N) is 1. The monoisotopic (exact) mass is 336 g/mol. The van der Waals surface area contributed by atoms with Gasteiger partial charge >= 0.3 is 0 Å². The van der Waals surface area contributed by atoms with Crippen molar-refractivity contribution < 1.29 is 4.42 Å². The van der Waals surface area contributed by atoms with Gasteiger partial charge in [0.25, 0.3) is 5.56 Å². The molecule has 0 saturated heterocycles. The molecule has 1 aliphatic rings. The normalized spacial score (nSPS) is 19.6. The fourth-order valence-corrected chi connectivity index (χ4v) is 3.06. The molecule has 0 radical (unpaired) electrons. The minimum Gasteiger partial charge on any atom is -0.460 e. The number of rotatable bonds is 5. The van der Waals surface area contributed by atoms with Gasteiger partial charge in [-0.15, -0.1) is 0 Å². The molecule has 6 nitrogen and oxygen atoms in total. The Balaban J connectivity index is 1.58. The van der Waals surface area contributed by atoms with Crippen molar-refractivity contribution in [3.63, 3.8) is 0 Å². The number of nitrogens with zero attached hydrogens (tertiary/aromatic N) is 3. The molecule has 0 spiro atoms. The average molecular weight is 336 g/mol. The van der Waals surface area contributed by atoms with E-state index in [4.69, 9.17) is 4.42 Å². The van der Waals surface area contributed by atoms with E-state index in [1.54, 1.807) is 16.8 Å². The van der Waals surface area contributed by atoms with Gasteiger partial charge in [-0.25, -0.2) is 10.4 Å². The second-order valence-electron chi connectivity index (χ2n) is 6.43. The molecular formula is C19H20N4O2. The van der Waals surface area contributed by atoms with Crippen LogP contribution in [0.25, 0.3) is 10.9 Å². The van der Waals surface area contributed by atoms with E-state index in [0.717, 1.165) is 5.76 Å². The zero-order chi connectivity index (χ0) is 17.4. The lowest BCUT2D eigenvalue weighted by Gasteiger charge is -2.10. The van der Waals surface area contributed by atoms with E-state index < -0.39 is 0 Å². The van der Waals surface area contributed by atoms with E-state index in [1.165, 1.54) is 6.42 Å². The maximum Gasteiger partial charge on any atom is 0.262 e. The molecule has 25 heavy (non-hydrogen) atoms. The van der Waals surface area contributed by atoms with Gasteiger partial charge in [0.05, 0.1) is 17.1 Å². The van der Waals surface area contributed by atoms with Crippen LogP contribution in [0.5, 0.6) is 0 Å². The molecule has 0 aliphatic heterocycles. The highest BCUT2D eigenvalue weighted by Gasteiger charge is 2.36. The third kappa shape index (κ3) is 2.95. The lowest BCUT2D eigenvalue weighted by Crippen LogP contribution is -2.23. The number of hydrogen-bond acceptors (Lipinski definition) is 5. The topological polar surface area (TPSA) is 72.4 Å². The van der Waals surface area contributed by atoms with Crippen LogP contribution in [0, 0.1) is 5.92 Å². The van der Waals surface area contributed by atoms with Crippen molar-refractivity contribution in [2.45, 2.75) is 32.7 Å². The predicted octanol–water partition coefficient (Wildman–Crippen LogP) is 3.58. The summed E-state index contributed by atoms with van der Waals surface area (Å²) in [4.78, 5) is 17.0. The van der Waals surface area contributed by atoms with Crippen molar-refractivity contribution in [1.82, 2.24) is 9.55 Å². The Morgan fingerprint density at radius 2 is 2.16 bits per heavy atom. The van der Waals surface area contributed by atoms with Crippen LogP contribution in [0.3, 0.4) is 0 Å². The molecule has 0 unspecified atom stereocenters. The molecule has 1 aromatic carbocycles. The summed E-state index contributed by atoms with van der Waals surface area (Å²) in [5, 5.41) is 4.79. The number of furan rings is 1. The summed E-state index contributed by atoms with van der Waals surface area (Å²) in [6, 6.07) is 11.2. The third-order valence-corrected chi connectivity index (χ3v) is 4.66. The van der Waals surface area contributed by atoms with Gasteiger partial charge in [0.15, 0.2) is 0 Å². The Labute approximate surface area is 145 Å². The Bertz CT molecular complexity index is 1000. The first-order valence-electron chi connectivity index (χ1n) is 8.55. The average Bonchev–Trinajstić information content (AvgIpc) is 3.16. The molecule has 2 aromatic heterocycles. The quantitative estimate of drug-likeness (QED) is 0.571. The van der Waals surface area contributed by atoms with Crippen LogP contribution in [0.4, 0.5) is 5.95 Å². The molecule has 1 fully saturated rings. The zero-order valence-corrected chi connectivity index (χ0v) is 14.3. The summed E-state index contributed by atoms with van der Waals surface area (Å²) in [5.74, 6) is 3.37. The number of para-hydroxylation sites is 1. The Morgan fingerprint density at radius 1 is 1.36 bits per heavy atom. The van der Waals surface area contributed by atoms with Crippen molar-refractivity contribution in [3.8, 4) is 0 Å². The van der Waals surface area contributed by atoms with Gasteiger partial charge in [0, 0.05) is 12.5 Å². The van der Waals surface area contributed by atoms with Crippen molar-refractivity contribution in [2.24, 2.45) is 11.0 Å². The van der Waals surface area contributed by atoms with E-state index in [9.17, 15) is 4.79 Å². The Kier molecular flexibility index (Phi) is 3.87. The lowest BCUT2D eigenvalue weighted by molar-refractivity contribution is 0.500. The van der Waals surface area contributed by atoms with Crippen LogP contribution >= 0.6 is 0 Å². The number of fused-ring (bicyclic) bond motifs is 1. The zero-order valence-electron chi connectivity index (χ0n) is 14.3. The van der Waals surface area contributed by atoms with Crippen LogP contribution in [0.1, 0.15) is 37.7 Å². The largest absolute Gasteiger partial charge is 0.460 e. The molecule has 3 aromatic rings. The van der Waals surface area contributed by atoms with Crippen molar-refractivity contribution >= 4 is 23.1 Å². The maximum absolute atomic E-state index is 12.5. The van der Waals surface area contributed by atoms with E-state index in [-0.39, 0.29) is 5.56 Å². The molecule has 2 heterocycles. The van der Waals surface area contributed by atoms with Gasteiger partial charge in [-0.3, -0.25) is 9.36 Å². The highest BCUT2D eigenvalue weighted by atomic mass is 16.3. The van der Waals surface area contributed by atoms with Crippen molar-refractivity contribution in [3.05, 3.63) is 58.3 Å². The summed E-state index contributed by atoms with van der Waals surface area (Å²) in [7, 11) is 0. The highest BCUT2D eigenvalue weighted by Crippen LogP contribution is 2.47. The van der Waals surface area contributed by atoms with Gasteiger partial charge in [-0.05, 0) is 43.5 Å². The number of aromatic nitrogens is 2. The SMILES string of the molecule is CCn1c(N/N=C\c2ccc([C@H]3C[C@H]3C)o2)nc2ccccc2c1=O. The third-order valence-electron chi connectivity index (χ3n) is 4.66. The van der Waals surface area contributed by atoms with Crippen LogP contribution in [-0.4, -0.2) is 15.8 Å². The summed E-state index contributed by atoms with van der Waals surface area (Å²) in [5.41, 5.74) is 3.45. The molecule has 0 amide bonds. The van der Waals surface area contributed by atoms with Gasteiger partial charge in [0.1, 0.15) is 11.5 Å². The fraction of sp³-hybridized carbons (Fsp3) is 0.316. The molecule has 2 atom stereocenters. The number of hydrogen-bond donors (Lipinski definition) is 1. The van der Waals surface area contributed by atoms with E-state index in [0.29, 0.717) is 41.0 Å². The van der Waals surface area contributed by atoms with E-state index in [2.05, 4.69) is 22.4 Å². The van der Waals surface area contributed by atoms with Crippen LogP contribution in [-0.2, 0) is 6.54 Å². The molecule has 128 valence electrons. The first-order valence-corrected chi connectivity index (χ1v) is 8.55. The van der Waals surface area contributed by atoms with Gasteiger partial charge < -0.3 is 4.42 Å². The molecule has 1 saturated carbocycles. The lowest BCUT2D eigenvalue weighted by atomic mass is 10.2. The fourth-order valence-electron chi connectivity index (χ4n) is 3.06. The first-order chi connectivity index (χ1) is 12.2. The van der Waals surface area contributed by atoms with Gasteiger partial charge in [-0.1, -0.05) is 19.1 Å². The Hall–Kier alpha value is -2.89. The molecule has 1 N–H and O–H groups in total. The van der Waals surface area contributed by atoms with Gasteiger partial charge in [0.2, 0.25) is 5.95 Å². The molecule has 1 aliphatic carbocycles. The van der Waals surface area contributed by atoms with Gasteiger partial charge in [-0.2, -0.15) is 5.10 Å². The van der Waals surface area contributed by atoms with Crippen molar-refractivity contribution in [2.75, 3.05) is 5.43 Å². The number of benzene rings is 1. The summed E-state index contributed by atoms with van der Waals surface area (Å²) >= 11 is 0. The summed E-state index contributed by atoms with van der Waals surface area (Å²) in [6.45, 7) is 4.64. The second kappa shape index (κ2) is 6.20. The molecule has 4 rings (SSSR count). The second-order valence-corrected chi connectivity index (χ2v) is 6.43. The summed E-state index contributed by atoms with van der Waals surface area (Å²) < 4.78 is 7.36. The predicted molar refractivity (Wildman–Crippen MR) is 98.1 cm³/mol. The molecule has 0 bridgehead atoms. The smallest absolute Gasteiger partial charge is 0.262 e. The van der Waals surface area contributed by atoms with Crippen LogP contribution < -0.4 is 11.0 Å². The van der Waals surface area contributed by atoms with E-state index >= 15 is 0 Å². The minimum atomic E-state index is -0.0752. The molecular weight excluding hydrogens is 316 g/mol.